The van der Waals surface area contributed by atoms with Gasteiger partial charge in [0.25, 0.3) is 0 Å². The fraction of sp³-hybridized carbons (Fsp3) is 0.111. The van der Waals surface area contributed by atoms with Crippen molar-refractivity contribution in [2.24, 2.45) is 0 Å². The topological polar surface area (TPSA) is 71.1 Å². The zero-order chi connectivity index (χ0) is 16.8. The van der Waals surface area contributed by atoms with Crippen LogP contribution in [0, 0.1) is 0 Å². The van der Waals surface area contributed by atoms with Crippen molar-refractivity contribution < 1.29 is 28.5 Å². The van der Waals surface area contributed by atoms with Crippen molar-refractivity contribution >= 4 is 11.6 Å². The number of ether oxygens (including phenoxy) is 4. The molecule has 4 rings (SSSR count). The number of carbonyl (C=O) groups excluding carboxylic acids is 2. The second-order valence-corrected chi connectivity index (χ2v) is 5.24. The first kappa shape index (κ1) is 14.3. The van der Waals surface area contributed by atoms with Crippen LogP contribution in [0.5, 0.6) is 23.0 Å². The molecule has 0 N–H and O–H groups in total. The van der Waals surface area contributed by atoms with Gasteiger partial charge in [-0.3, -0.25) is 9.59 Å². The van der Waals surface area contributed by atoms with Crippen molar-refractivity contribution in [3.63, 3.8) is 0 Å². The molecule has 0 amide bonds. The maximum atomic E-state index is 12.5. The first-order valence-corrected chi connectivity index (χ1v) is 7.18. The molecule has 0 bridgehead atoms. The molecule has 2 aromatic rings. The standard InChI is InChI=1S/C18H12O6/c1-21-9-3-5-11-13(7-9)23-17(15(11)19)18-16(20)12-6-4-10(22-2)8-14(12)24-18/h3-8H,1-2H3/b18-17+. The predicted octanol–water partition coefficient (Wildman–Crippen LogP) is 2.77. The van der Waals surface area contributed by atoms with Gasteiger partial charge in [0.15, 0.2) is 0 Å². The second-order valence-electron chi connectivity index (χ2n) is 5.24. The van der Waals surface area contributed by atoms with Crippen molar-refractivity contribution in [2.45, 2.75) is 0 Å². The minimum Gasteiger partial charge on any atom is -0.497 e. The van der Waals surface area contributed by atoms with Gasteiger partial charge in [0, 0.05) is 12.1 Å². The van der Waals surface area contributed by atoms with Crippen LogP contribution in [0.15, 0.2) is 47.9 Å². The van der Waals surface area contributed by atoms with Crippen LogP contribution < -0.4 is 18.9 Å². The Kier molecular flexibility index (Phi) is 3.06. The summed E-state index contributed by atoms with van der Waals surface area (Å²) >= 11 is 0. The maximum absolute atomic E-state index is 12.5. The van der Waals surface area contributed by atoms with E-state index in [9.17, 15) is 9.59 Å². The van der Waals surface area contributed by atoms with Crippen LogP contribution >= 0.6 is 0 Å². The summed E-state index contributed by atoms with van der Waals surface area (Å²) in [5.74, 6) is 0.779. The van der Waals surface area contributed by atoms with Crippen molar-refractivity contribution in [1.29, 1.82) is 0 Å². The van der Waals surface area contributed by atoms with Crippen LogP contribution in [0.25, 0.3) is 0 Å². The minimum atomic E-state index is -0.393. The number of methoxy groups -OCH3 is 2. The van der Waals surface area contributed by atoms with Crippen LogP contribution in [0.1, 0.15) is 20.7 Å². The Bertz CT molecular complexity index is 850. The van der Waals surface area contributed by atoms with Crippen molar-refractivity contribution in [1.82, 2.24) is 0 Å². The van der Waals surface area contributed by atoms with E-state index in [0.717, 1.165) is 0 Å². The highest BCUT2D eigenvalue weighted by Gasteiger charge is 2.39. The molecule has 24 heavy (non-hydrogen) atoms. The lowest BCUT2D eigenvalue weighted by atomic mass is 10.1. The Hall–Kier alpha value is -3.28. The van der Waals surface area contributed by atoms with Crippen molar-refractivity contribution in [2.75, 3.05) is 14.2 Å². The van der Waals surface area contributed by atoms with E-state index >= 15 is 0 Å². The Morgan fingerprint density at radius 2 is 1.12 bits per heavy atom. The molecule has 0 radical (unpaired) electrons. The van der Waals surface area contributed by atoms with Crippen LogP contribution in [-0.4, -0.2) is 25.8 Å². The van der Waals surface area contributed by atoms with Gasteiger partial charge >= 0.3 is 0 Å². The summed E-state index contributed by atoms with van der Waals surface area (Å²) in [5.41, 5.74) is 0.728. The summed E-state index contributed by atoms with van der Waals surface area (Å²) in [5, 5.41) is 0. The van der Waals surface area contributed by atoms with E-state index in [2.05, 4.69) is 0 Å². The van der Waals surface area contributed by atoms with Gasteiger partial charge in [-0.15, -0.1) is 0 Å². The molecule has 2 heterocycles. The van der Waals surface area contributed by atoms with Gasteiger partial charge in [-0.05, 0) is 24.3 Å². The number of hydrogen-bond acceptors (Lipinski definition) is 6. The summed E-state index contributed by atoms with van der Waals surface area (Å²) in [6, 6.07) is 9.70. The smallest absolute Gasteiger partial charge is 0.236 e. The molecule has 0 unspecified atom stereocenters. The molecule has 0 saturated carbocycles. The lowest BCUT2D eigenvalue weighted by Crippen LogP contribution is -2.10. The monoisotopic (exact) mass is 324 g/mol. The lowest BCUT2D eigenvalue weighted by molar-refractivity contribution is 0.0960. The summed E-state index contributed by atoms with van der Waals surface area (Å²) < 4.78 is 21.4. The van der Waals surface area contributed by atoms with Crippen LogP contribution in [0.4, 0.5) is 0 Å². The van der Waals surface area contributed by atoms with Gasteiger partial charge in [0.05, 0.1) is 25.3 Å². The number of fused-ring (bicyclic) bond motifs is 2. The molecule has 0 fully saturated rings. The Morgan fingerprint density at radius 3 is 1.50 bits per heavy atom. The molecule has 0 atom stereocenters. The fourth-order valence-electron chi connectivity index (χ4n) is 2.66. The molecule has 2 aliphatic heterocycles. The summed E-state index contributed by atoms with van der Waals surface area (Å²) in [4.78, 5) is 25.0. The third kappa shape index (κ3) is 1.96. The van der Waals surface area contributed by atoms with Gasteiger partial charge in [-0.2, -0.15) is 0 Å². The Labute approximate surface area is 137 Å². The molecule has 0 aliphatic carbocycles. The first-order chi connectivity index (χ1) is 11.6. The third-order valence-electron chi connectivity index (χ3n) is 3.91. The number of allylic oxidation sites excluding steroid dienone is 2. The molecule has 2 aliphatic rings. The summed E-state index contributed by atoms with van der Waals surface area (Å²) in [6.45, 7) is 0. The Balaban J connectivity index is 1.76. The van der Waals surface area contributed by atoms with E-state index in [4.69, 9.17) is 18.9 Å². The van der Waals surface area contributed by atoms with E-state index < -0.39 is 11.6 Å². The molecule has 2 aromatic carbocycles. The van der Waals surface area contributed by atoms with Crippen LogP contribution in [0.2, 0.25) is 0 Å². The van der Waals surface area contributed by atoms with Gasteiger partial charge in [-0.25, -0.2) is 0 Å². The van der Waals surface area contributed by atoms with Crippen molar-refractivity contribution in [3.8, 4) is 23.0 Å². The van der Waals surface area contributed by atoms with E-state index in [0.29, 0.717) is 34.1 Å². The molecular formula is C18H12O6. The number of benzene rings is 2. The maximum Gasteiger partial charge on any atom is 0.236 e. The fourth-order valence-corrected chi connectivity index (χ4v) is 2.66. The lowest BCUT2D eigenvalue weighted by Gasteiger charge is -2.03. The summed E-state index contributed by atoms with van der Waals surface area (Å²) in [7, 11) is 3.04. The number of ketones is 2. The highest BCUT2D eigenvalue weighted by atomic mass is 16.5. The van der Waals surface area contributed by atoms with Gasteiger partial charge < -0.3 is 18.9 Å². The number of carbonyl (C=O) groups is 2. The Morgan fingerprint density at radius 1 is 0.708 bits per heavy atom. The van der Waals surface area contributed by atoms with Crippen LogP contribution in [-0.2, 0) is 0 Å². The van der Waals surface area contributed by atoms with E-state index in [-0.39, 0.29) is 11.5 Å². The van der Waals surface area contributed by atoms with Crippen LogP contribution in [0.3, 0.4) is 0 Å². The van der Waals surface area contributed by atoms with Crippen molar-refractivity contribution in [3.05, 3.63) is 59.0 Å². The highest BCUT2D eigenvalue weighted by Crippen LogP contribution is 2.40. The number of rotatable bonds is 2. The zero-order valence-corrected chi connectivity index (χ0v) is 12.9. The normalized spacial score (nSPS) is 17.9. The first-order valence-electron chi connectivity index (χ1n) is 7.18. The molecular weight excluding hydrogens is 312 g/mol. The molecule has 6 heteroatoms. The zero-order valence-electron chi connectivity index (χ0n) is 12.9. The highest BCUT2D eigenvalue weighted by molar-refractivity contribution is 6.20. The summed E-state index contributed by atoms with van der Waals surface area (Å²) in [6.07, 6.45) is 0. The van der Waals surface area contributed by atoms with E-state index in [1.807, 2.05) is 0 Å². The minimum absolute atomic E-state index is 0.113. The predicted molar refractivity (Wildman–Crippen MR) is 82.9 cm³/mol. The SMILES string of the molecule is COc1ccc2c(c1)O/C(=C1/Oc3cc(OC)ccc3C1=O)C2=O. The molecule has 6 nitrogen and oxygen atoms in total. The largest absolute Gasteiger partial charge is 0.497 e. The van der Waals surface area contributed by atoms with Gasteiger partial charge in [-0.1, -0.05) is 0 Å². The second kappa shape index (κ2) is 5.13. The van der Waals surface area contributed by atoms with Gasteiger partial charge in [0.2, 0.25) is 23.1 Å². The quantitative estimate of drug-likeness (QED) is 0.791. The average Bonchev–Trinajstić information content (AvgIpc) is 3.11. The number of Topliss-reactive ketones (excluding diaryl/α,β-unsaturated/α-hetero) is 2. The number of hydrogen-bond donors (Lipinski definition) is 0. The molecule has 0 aromatic heterocycles. The molecule has 120 valence electrons. The molecule has 0 spiro atoms. The molecule has 0 saturated heterocycles. The van der Waals surface area contributed by atoms with E-state index in [1.54, 1.807) is 36.4 Å². The van der Waals surface area contributed by atoms with E-state index in [1.165, 1.54) is 14.2 Å². The third-order valence-corrected chi connectivity index (χ3v) is 3.91. The average molecular weight is 324 g/mol. The van der Waals surface area contributed by atoms with Gasteiger partial charge in [0.1, 0.15) is 23.0 Å².